The summed E-state index contributed by atoms with van der Waals surface area (Å²) in [7, 11) is 0. The second-order valence-electron chi connectivity index (χ2n) is 12.0. The zero-order valence-corrected chi connectivity index (χ0v) is 31.7. The van der Waals surface area contributed by atoms with Crippen LogP contribution >= 0.6 is 0 Å². The number of hydrogen-bond donors (Lipinski definition) is 0. The third-order valence-corrected chi connectivity index (χ3v) is 7.92. The summed E-state index contributed by atoms with van der Waals surface area (Å²) in [5.41, 5.74) is 4.23. The highest BCUT2D eigenvalue weighted by molar-refractivity contribution is 6.05. The fraction of sp³-hybridized carbons (Fsp3) is 0.500. The highest BCUT2D eigenvalue weighted by atomic mass is 15.1. The molecule has 0 N–H and O–H groups in total. The Kier molecular flexibility index (Phi) is 21.3. The summed E-state index contributed by atoms with van der Waals surface area (Å²) < 4.78 is 0. The summed E-state index contributed by atoms with van der Waals surface area (Å²) in [6.07, 6.45) is 23.1. The molecule has 0 aromatic heterocycles. The molecule has 0 atom stereocenters. The Balaban J connectivity index is 1.50. The first-order valence-electron chi connectivity index (χ1n) is 18.6. The van der Waals surface area contributed by atoms with Crippen LogP contribution in [0, 0.1) is 11.8 Å². The highest BCUT2D eigenvalue weighted by Gasteiger charge is 2.02. The van der Waals surface area contributed by atoms with E-state index in [1.807, 2.05) is 62.1 Å². The maximum absolute atomic E-state index is 4.69. The molecule has 0 bridgehead atoms. The number of benzene rings is 1. The molecule has 12 nitrogen and oxygen atoms in total. The van der Waals surface area contributed by atoms with Crippen molar-refractivity contribution < 1.29 is 0 Å². The molecule has 3 rings (SSSR count). The lowest BCUT2D eigenvalue weighted by atomic mass is 10.1. The van der Waals surface area contributed by atoms with Crippen molar-refractivity contribution in [2.75, 3.05) is 78.5 Å². The molecule has 1 aromatic rings. The van der Waals surface area contributed by atoms with Gasteiger partial charge in [-0.15, -0.1) is 0 Å². The van der Waals surface area contributed by atoms with Gasteiger partial charge in [0.25, 0.3) is 0 Å². The summed E-state index contributed by atoms with van der Waals surface area (Å²) in [6, 6.07) is 8.41. The van der Waals surface area contributed by atoms with Crippen LogP contribution in [0.1, 0.15) is 38.8 Å². The predicted molar refractivity (Wildman–Crippen MR) is 227 cm³/mol. The minimum atomic E-state index is -0.0764. The van der Waals surface area contributed by atoms with Crippen molar-refractivity contribution in [1.29, 1.82) is 0 Å². The molecule has 2 aliphatic heterocycles. The molecular weight excluding hydrogens is 649 g/mol. The van der Waals surface area contributed by atoms with E-state index in [0.29, 0.717) is 65.4 Å². The van der Waals surface area contributed by atoms with Gasteiger partial charge in [-0.2, -0.15) is 0 Å². The van der Waals surface area contributed by atoms with Gasteiger partial charge in [-0.25, -0.2) is 0 Å². The maximum atomic E-state index is 4.69. The summed E-state index contributed by atoms with van der Waals surface area (Å²) in [5.74, 6) is -0.153. The van der Waals surface area contributed by atoms with Gasteiger partial charge in [0, 0.05) is 112 Å². The topological polar surface area (TPSA) is 130 Å². The SMILES string of the molecule is CCN(C=C1C=NCCN=CC(C=NCc2ccc(CN=CC3C=NCCN=CC(=CN(CC)CC)C=NCCN=C3)cc2)C=NCCN=C1)CC. The minimum Gasteiger partial charge on any atom is -0.377 e. The standard InChI is InChI=1S/C40H58N12/c1-5-51(6-2)33-39-29-45-17-13-41-23-37(24-42-14-18-46-30-39)27-49-21-35-9-11-36(12-10-35)22-50-28-38-25-43-15-19-47-31-40(34-52(7-3)8-4)32-48-20-16-44-26-38/h9-12,23-34,37-38H,5-8,13-22H2,1-4H3. The van der Waals surface area contributed by atoms with Crippen molar-refractivity contribution in [1.82, 2.24) is 9.80 Å². The van der Waals surface area contributed by atoms with E-state index in [0.717, 1.165) is 48.5 Å². The molecule has 1 aromatic carbocycles. The van der Waals surface area contributed by atoms with Crippen LogP contribution in [0.2, 0.25) is 0 Å². The van der Waals surface area contributed by atoms with Gasteiger partial charge in [0.2, 0.25) is 0 Å². The van der Waals surface area contributed by atoms with Gasteiger partial charge >= 0.3 is 0 Å². The molecule has 12 heteroatoms. The summed E-state index contributed by atoms with van der Waals surface area (Å²) in [6.45, 7) is 18.4. The molecule has 0 radical (unpaired) electrons. The Morgan fingerprint density at radius 1 is 0.481 bits per heavy atom. The quantitative estimate of drug-likeness (QED) is 0.280. The van der Waals surface area contributed by atoms with Crippen LogP contribution in [0.15, 0.2) is 97.7 Å². The van der Waals surface area contributed by atoms with Crippen molar-refractivity contribution in [3.8, 4) is 0 Å². The van der Waals surface area contributed by atoms with Gasteiger partial charge < -0.3 is 9.80 Å². The maximum Gasteiger partial charge on any atom is 0.0637 e. The fourth-order valence-corrected chi connectivity index (χ4v) is 4.90. The van der Waals surface area contributed by atoms with Crippen LogP contribution in [0.4, 0.5) is 0 Å². The molecule has 0 saturated heterocycles. The first-order valence-corrected chi connectivity index (χ1v) is 18.6. The minimum absolute atomic E-state index is 0.0764. The second-order valence-corrected chi connectivity index (χ2v) is 12.0. The van der Waals surface area contributed by atoms with Crippen molar-refractivity contribution in [2.45, 2.75) is 40.8 Å². The number of allylic oxidation sites excluding steroid dienone is 2. The lowest BCUT2D eigenvalue weighted by molar-refractivity contribution is 0.418. The van der Waals surface area contributed by atoms with E-state index in [2.05, 4.69) is 114 Å². The molecule has 0 spiro atoms. The molecule has 0 unspecified atom stereocenters. The van der Waals surface area contributed by atoms with Crippen LogP contribution in [-0.4, -0.2) is 150 Å². The van der Waals surface area contributed by atoms with Gasteiger partial charge in [0.1, 0.15) is 0 Å². The number of nitrogens with zero attached hydrogens (tertiary/aromatic N) is 12. The normalized spacial score (nSPS) is 19.3. The lowest BCUT2D eigenvalue weighted by Crippen LogP contribution is -2.17. The molecule has 2 heterocycles. The lowest BCUT2D eigenvalue weighted by Gasteiger charge is -2.15. The van der Waals surface area contributed by atoms with Crippen LogP contribution < -0.4 is 0 Å². The van der Waals surface area contributed by atoms with E-state index in [-0.39, 0.29) is 11.8 Å². The first kappa shape index (κ1) is 41.4. The van der Waals surface area contributed by atoms with Crippen molar-refractivity contribution in [2.24, 2.45) is 61.8 Å². The van der Waals surface area contributed by atoms with E-state index in [1.165, 1.54) is 0 Å². The average molecular weight is 707 g/mol. The van der Waals surface area contributed by atoms with E-state index in [1.54, 1.807) is 0 Å². The molecule has 2 aliphatic rings. The van der Waals surface area contributed by atoms with Crippen LogP contribution in [0.3, 0.4) is 0 Å². The second kappa shape index (κ2) is 26.8. The van der Waals surface area contributed by atoms with E-state index in [4.69, 9.17) is 9.98 Å². The molecule has 278 valence electrons. The van der Waals surface area contributed by atoms with Crippen molar-refractivity contribution in [3.05, 3.63) is 58.9 Å². The number of hydrogen-bond acceptors (Lipinski definition) is 12. The highest BCUT2D eigenvalue weighted by Crippen LogP contribution is 2.07. The molecule has 0 aliphatic carbocycles. The third kappa shape index (κ3) is 18.3. The summed E-state index contributed by atoms with van der Waals surface area (Å²) in [5, 5.41) is 0. The van der Waals surface area contributed by atoms with Crippen molar-refractivity contribution >= 4 is 62.1 Å². The molecule has 0 saturated carbocycles. The first-order chi connectivity index (χ1) is 25.6. The van der Waals surface area contributed by atoms with Crippen LogP contribution in [-0.2, 0) is 13.1 Å². The summed E-state index contributed by atoms with van der Waals surface area (Å²) in [4.78, 5) is 50.4. The Morgan fingerprint density at radius 3 is 1.06 bits per heavy atom. The van der Waals surface area contributed by atoms with Gasteiger partial charge in [0.05, 0.1) is 77.3 Å². The summed E-state index contributed by atoms with van der Waals surface area (Å²) >= 11 is 0. The molecule has 52 heavy (non-hydrogen) atoms. The van der Waals surface area contributed by atoms with E-state index >= 15 is 0 Å². The Labute approximate surface area is 311 Å². The average Bonchev–Trinajstić information content (AvgIpc) is 3.16. The van der Waals surface area contributed by atoms with E-state index in [9.17, 15) is 0 Å². The number of aliphatic imine (C=N–C) groups is 10. The molecule has 0 amide bonds. The van der Waals surface area contributed by atoms with Gasteiger partial charge in [-0.3, -0.25) is 49.9 Å². The van der Waals surface area contributed by atoms with Gasteiger partial charge in [-0.1, -0.05) is 24.3 Å². The smallest absolute Gasteiger partial charge is 0.0637 e. The van der Waals surface area contributed by atoms with E-state index < -0.39 is 0 Å². The monoisotopic (exact) mass is 706 g/mol. The van der Waals surface area contributed by atoms with Crippen LogP contribution in [0.25, 0.3) is 0 Å². The van der Waals surface area contributed by atoms with Crippen LogP contribution in [0.5, 0.6) is 0 Å². The zero-order valence-electron chi connectivity index (χ0n) is 31.7. The Bertz CT molecular complexity index is 1330. The van der Waals surface area contributed by atoms with Gasteiger partial charge in [-0.05, 0) is 38.8 Å². The zero-order chi connectivity index (χ0) is 36.9. The van der Waals surface area contributed by atoms with Gasteiger partial charge in [0.15, 0.2) is 0 Å². The predicted octanol–water partition coefficient (Wildman–Crippen LogP) is 5.11. The molecule has 0 fully saturated rings. The number of rotatable bonds is 12. The Hall–Kier alpha value is -5.00. The van der Waals surface area contributed by atoms with Crippen molar-refractivity contribution in [3.63, 3.8) is 0 Å². The fourth-order valence-electron chi connectivity index (χ4n) is 4.90. The third-order valence-electron chi connectivity index (χ3n) is 7.92. The largest absolute Gasteiger partial charge is 0.377 e. The molecular formula is C40H58N12. The Morgan fingerprint density at radius 2 is 0.769 bits per heavy atom.